The largest absolute Gasteiger partial charge is 0.433 e. The minimum Gasteiger partial charge on any atom is -0.433 e. The van der Waals surface area contributed by atoms with Gasteiger partial charge in [0, 0.05) is 0 Å². The van der Waals surface area contributed by atoms with Gasteiger partial charge in [-0.05, 0) is 19.1 Å². The molecule has 1 aromatic carbocycles. The second kappa shape index (κ2) is 3.88. The standard InChI is InChI=1S/C9H10O3/c1-7(10)12-9(11)8-5-3-2-4-6-8/h2-7,10H,1H3/t7-/m1/s1. The predicted octanol–water partition coefficient (Wildman–Crippen LogP) is 1.18. The molecule has 0 aliphatic carbocycles. The van der Waals surface area contributed by atoms with Crippen molar-refractivity contribution in [1.82, 2.24) is 0 Å². The number of carbonyl (C=O) groups excluding carboxylic acids is 1. The third-order valence-corrected chi connectivity index (χ3v) is 1.29. The van der Waals surface area contributed by atoms with E-state index in [0.29, 0.717) is 5.56 Å². The van der Waals surface area contributed by atoms with E-state index >= 15 is 0 Å². The molecule has 1 atom stereocenters. The number of carbonyl (C=O) groups is 1. The molecule has 1 N–H and O–H groups in total. The van der Waals surface area contributed by atoms with Gasteiger partial charge >= 0.3 is 5.97 Å². The van der Waals surface area contributed by atoms with Gasteiger partial charge in [-0.2, -0.15) is 0 Å². The van der Waals surface area contributed by atoms with Crippen molar-refractivity contribution in [3.8, 4) is 0 Å². The van der Waals surface area contributed by atoms with Crippen LogP contribution in [0.25, 0.3) is 0 Å². The quantitative estimate of drug-likeness (QED) is 0.530. The Labute approximate surface area is 70.6 Å². The van der Waals surface area contributed by atoms with E-state index in [4.69, 9.17) is 5.11 Å². The van der Waals surface area contributed by atoms with Gasteiger partial charge in [-0.3, -0.25) is 0 Å². The van der Waals surface area contributed by atoms with Crippen LogP contribution in [-0.4, -0.2) is 17.4 Å². The number of rotatable bonds is 2. The molecule has 1 aromatic rings. The normalized spacial score (nSPS) is 12.2. The lowest BCUT2D eigenvalue weighted by Crippen LogP contribution is -2.13. The van der Waals surface area contributed by atoms with Crippen molar-refractivity contribution in [3.63, 3.8) is 0 Å². The monoisotopic (exact) mass is 166 g/mol. The second-order valence-electron chi connectivity index (χ2n) is 2.37. The van der Waals surface area contributed by atoms with Crippen LogP contribution in [0, 0.1) is 0 Å². The molecule has 0 amide bonds. The van der Waals surface area contributed by atoms with Crippen LogP contribution < -0.4 is 0 Å². The maximum absolute atomic E-state index is 11.1. The predicted molar refractivity (Wildman–Crippen MR) is 43.5 cm³/mol. The fourth-order valence-corrected chi connectivity index (χ4v) is 0.797. The Kier molecular flexibility index (Phi) is 2.82. The maximum Gasteiger partial charge on any atom is 0.340 e. The van der Waals surface area contributed by atoms with Gasteiger partial charge in [-0.15, -0.1) is 0 Å². The molecule has 12 heavy (non-hydrogen) atoms. The molecule has 0 aliphatic rings. The van der Waals surface area contributed by atoms with Crippen LogP contribution in [0.5, 0.6) is 0 Å². The Morgan fingerprint density at radius 1 is 1.42 bits per heavy atom. The first-order chi connectivity index (χ1) is 5.70. The average Bonchev–Trinajstić information content (AvgIpc) is 2.05. The topological polar surface area (TPSA) is 46.5 Å². The molecule has 3 heteroatoms. The van der Waals surface area contributed by atoms with E-state index in [1.54, 1.807) is 30.3 Å². The van der Waals surface area contributed by atoms with Crippen molar-refractivity contribution in [2.75, 3.05) is 0 Å². The summed E-state index contributed by atoms with van der Waals surface area (Å²) in [5.41, 5.74) is 0.443. The molecule has 64 valence electrons. The van der Waals surface area contributed by atoms with Gasteiger partial charge in [0.1, 0.15) is 0 Å². The molecule has 0 saturated heterocycles. The lowest BCUT2D eigenvalue weighted by Gasteiger charge is -2.05. The number of esters is 1. The minimum atomic E-state index is -1.06. The Bertz CT molecular complexity index is 254. The molecular formula is C9H10O3. The number of hydrogen-bond donors (Lipinski definition) is 1. The fourth-order valence-electron chi connectivity index (χ4n) is 0.797. The smallest absolute Gasteiger partial charge is 0.340 e. The Hall–Kier alpha value is -1.35. The first kappa shape index (κ1) is 8.74. The molecule has 0 aromatic heterocycles. The van der Waals surface area contributed by atoms with Gasteiger partial charge in [-0.25, -0.2) is 4.79 Å². The van der Waals surface area contributed by atoms with Gasteiger partial charge in [0.05, 0.1) is 5.56 Å². The summed E-state index contributed by atoms with van der Waals surface area (Å²) in [6, 6.07) is 8.53. The van der Waals surface area contributed by atoms with E-state index in [-0.39, 0.29) is 0 Å². The van der Waals surface area contributed by atoms with E-state index in [2.05, 4.69) is 4.74 Å². The lowest BCUT2D eigenvalue weighted by atomic mass is 10.2. The van der Waals surface area contributed by atoms with Crippen molar-refractivity contribution in [2.24, 2.45) is 0 Å². The SMILES string of the molecule is C[C@H](O)OC(=O)c1ccccc1. The third kappa shape index (κ3) is 2.36. The Morgan fingerprint density at radius 2 is 2.00 bits per heavy atom. The second-order valence-corrected chi connectivity index (χ2v) is 2.37. The summed E-state index contributed by atoms with van der Waals surface area (Å²) in [6.45, 7) is 1.39. The van der Waals surface area contributed by atoms with Crippen molar-refractivity contribution < 1.29 is 14.6 Å². The summed E-state index contributed by atoms with van der Waals surface area (Å²) < 4.78 is 4.55. The zero-order valence-electron chi connectivity index (χ0n) is 6.73. The highest BCUT2D eigenvalue weighted by Gasteiger charge is 2.07. The van der Waals surface area contributed by atoms with Gasteiger partial charge in [0.15, 0.2) is 6.29 Å². The van der Waals surface area contributed by atoms with Crippen LogP contribution in [0.4, 0.5) is 0 Å². The Morgan fingerprint density at radius 3 is 2.50 bits per heavy atom. The molecule has 3 nitrogen and oxygen atoms in total. The van der Waals surface area contributed by atoms with E-state index in [0.717, 1.165) is 0 Å². The molecule has 0 saturated carbocycles. The average molecular weight is 166 g/mol. The number of ether oxygens (including phenoxy) is 1. The summed E-state index contributed by atoms with van der Waals surface area (Å²) in [4.78, 5) is 11.1. The van der Waals surface area contributed by atoms with E-state index in [9.17, 15) is 4.79 Å². The molecule has 0 fully saturated rings. The molecule has 1 rings (SSSR count). The van der Waals surface area contributed by atoms with Gasteiger partial charge in [0.2, 0.25) is 0 Å². The summed E-state index contributed by atoms with van der Waals surface area (Å²) in [5.74, 6) is -0.509. The summed E-state index contributed by atoms with van der Waals surface area (Å²) in [6.07, 6.45) is -1.06. The highest BCUT2D eigenvalue weighted by Crippen LogP contribution is 2.01. The highest BCUT2D eigenvalue weighted by molar-refractivity contribution is 5.89. The van der Waals surface area contributed by atoms with Crippen molar-refractivity contribution in [2.45, 2.75) is 13.2 Å². The molecule has 0 radical (unpaired) electrons. The Balaban J connectivity index is 2.66. The lowest BCUT2D eigenvalue weighted by molar-refractivity contribution is -0.0523. The van der Waals surface area contributed by atoms with Gasteiger partial charge in [-0.1, -0.05) is 18.2 Å². The number of aliphatic hydroxyl groups excluding tert-OH is 1. The fraction of sp³-hybridized carbons (Fsp3) is 0.222. The van der Waals surface area contributed by atoms with Crippen LogP contribution in [0.2, 0.25) is 0 Å². The van der Waals surface area contributed by atoms with Crippen LogP contribution in [0.15, 0.2) is 30.3 Å². The molecule has 0 heterocycles. The van der Waals surface area contributed by atoms with Crippen LogP contribution >= 0.6 is 0 Å². The summed E-state index contributed by atoms with van der Waals surface area (Å²) in [7, 11) is 0. The first-order valence-corrected chi connectivity index (χ1v) is 3.64. The number of hydrogen-bond acceptors (Lipinski definition) is 3. The van der Waals surface area contributed by atoms with Gasteiger partial charge in [0.25, 0.3) is 0 Å². The van der Waals surface area contributed by atoms with Crippen molar-refractivity contribution >= 4 is 5.97 Å². The maximum atomic E-state index is 11.1. The van der Waals surface area contributed by atoms with E-state index in [1.165, 1.54) is 6.92 Å². The molecule has 0 spiro atoms. The van der Waals surface area contributed by atoms with Crippen LogP contribution in [0.3, 0.4) is 0 Å². The van der Waals surface area contributed by atoms with Crippen molar-refractivity contribution in [3.05, 3.63) is 35.9 Å². The molecular weight excluding hydrogens is 156 g/mol. The van der Waals surface area contributed by atoms with Crippen LogP contribution in [-0.2, 0) is 4.74 Å². The molecule has 0 aliphatic heterocycles. The first-order valence-electron chi connectivity index (χ1n) is 3.64. The molecule has 0 bridgehead atoms. The highest BCUT2D eigenvalue weighted by atomic mass is 16.6. The zero-order chi connectivity index (χ0) is 8.97. The van der Waals surface area contributed by atoms with E-state index < -0.39 is 12.3 Å². The van der Waals surface area contributed by atoms with Crippen molar-refractivity contribution in [1.29, 1.82) is 0 Å². The van der Waals surface area contributed by atoms with Crippen LogP contribution in [0.1, 0.15) is 17.3 Å². The third-order valence-electron chi connectivity index (χ3n) is 1.29. The van der Waals surface area contributed by atoms with E-state index in [1.807, 2.05) is 0 Å². The van der Waals surface area contributed by atoms with Gasteiger partial charge < -0.3 is 9.84 Å². The summed E-state index contributed by atoms with van der Waals surface area (Å²) in [5, 5.41) is 8.74. The number of benzene rings is 1. The zero-order valence-corrected chi connectivity index (χ0v) is 6.73. The molecule has 0 unspecified atom stereocenters. The number of aliphatic hydroxyl groups is 1. The summed E-state index contributed by atoms with van der Waals surface area (Å²) >= 11 is 0. The minimum absolute atomic E-state index is 0.443.